The molecule has 0 heterocycles. The van der Waals surface area contributed by atoms with Crippen LogP contribution in [0.5, 0.6) is 0 Å². The van der Waals surface area contributed by atoms with Crippen LogP contribution in [0, 0.1) is 6.92 Å². The topological polar surface area (TPSA) is 18.5 Å². The molecule has 0 atom stereocenters. The van der Waals surface area contributed by atoms with E-state index in [1.807, 2.05) is 0 Å². The van der Waals surface area contributed by atoms with E-state index in [4.69, 9.17) is 9.47 Å². The fraction of sp³-hybridized carbons (Fsp3) is 0.909. The zero-order chi connectivity index (χ0) is 9.94. The Hall–Kier alpha value is -0.0800. The van der Waals surface area contributed by atoms with Crippen molar-refractivity contribution in [3.05, 3.63) is 6.92 Å². The third-order valence-corrected chi connectivity index (χ3v) is 1.84. The summed E-state index contributed by atoms with van der Waals surface area (Å²) in [6.45, 7) is 9.69. The van der Waals surface area contributed by atoms with Gasteiger partial charge in [0, 0.05) is 13.2 Å². The molecule has 0 aliphatic heterocycles. The van der Waals surface area contributed by atoms with E-state index in [0.29, 0.717) is 6.42 Å². The number of rotatable bonds is 9. The molecule has 0 unspecified atom stereocenters. The number of hydrogen-bond acceptors (Lipinski definition) is 2. The average molecular weight is 187 g/mol. The molecule has 0 amide bonds. The van der Waals surface area contributed by atoms with Gasteiger partial charge in [0.1, 0.15) is 0 Å². The minimum atomic E-state index is -0.0851. The Labute approximate surface area is 82.6 Å². The minimum absolute atomic E-state index is 0.0851. The molecule has 0 aliphatic carbocycles. The molecule has 0 rings (SSSR count). The lowest BCUT2D eigenvalue weighted by atomic mass is 10.3. The van der Waals surface area contributed by atoms with Crippen LogP contribution in [0.25, 0.3) is 0 Å². The second-order valence-corrected chi connectivity index (χ2v) is 3.17. The van der Waals surface area contributed by atoms with Gasteiger partial charge in [-0.05, 0) is 26.2 Å². The molecule has 0 spiro atoms. The van der Waals surface area contributed by atoms with Crippen LogP contribution < -0.4 is 0 Å². The summed E-state index contributed by atoms with van der Waals surface area (Å²) in [6, 6.07) is 0. The van der Waals surface area contributed by atoms with Crippen molar-refractivity contribution in [1.82, 2.24) is 0 Å². The molecule has 0 aliphatic rings. The Morgan fingerprint density at radius 3 is 1.77 bits per heavy atom. The van der Waals surface area contributed by atoms with Gasteiger partial charge in [-0.2, -0.15) is 0 Å². The van der Waals surface area contributed by atoms with Gasteiger partial charge in [0.15, 0.2) is 6.29 Å². The maximum atomic E-state index is 5.49. The van der Waals surface area contributed by atoms with E-state index >= 15 is 0 Å². The van der Waals surface area contributed by atoms with Crippen LogP contribution in [0.1, 0.15) is 46.0 Å². The molecule has 0 N–H and O–H groups in total. The second-order valence-electron chi connectivity index (χ2n) is 3.17. The predicted octanol–water partition coefficient (Wildman–Crippen LogP) is 3.17. The summed E-state index contributed by atoms with van der Waals surface area (Å²) < 4.78 is 11.0. The van der Waals surface area contributed by atoms with E-state index in [1.54, 1.807) is 0 Å². The molecule has 0 aromatic carbocycles. The third kappa shape index (κ3) is 8.26. The lowest BCUT2D eigenvalue weighted by Crippen LogP contribution is -2.17. The van der Waals surface area contributed by atoms with Gasteiger partial charge in [-0.25, -0.2) is 0 Å². The van der Waals surface area contributed by atoms with Gasteiger partial charge in [-0.3, -0.25) is 0 Å². The minimum Gasteiger partial charge on any atom is -0.353 e. The van der Waals surface area contributed by atoms with E-state index in [-0.39, 0.29) is 6.29 Å². The first-order chi connectivity index (χ1) is 6.35. The standard InChI is InChI=1S/C11H23O2/c1-4-7-9-12-11(6-3)13-10-8-5-2/h11H,3-10H2,1-2H3. The van der Waals surface area contributed by atoms with Crippen molar-refractivity contribution in [1.29, 1.82) is 0 Å². The van der Waals surface area contributed by atoms with Gasteiger partial charge in [0.2, 0.25) is 0 Å². The number of ether oxygens (including phenoxy) is 2. The van der Waals surface area contributed by atoms with Crippen LogP contribution in [0.2, 0.25) is 0 Å². The first-order valence-corrected chi connectivity index (χ1v) is 5.37. The Bertz CT molecular complexity index is 84.1. The molecule has 0 aromatic heterocycles. The molecule has 1 radical (unpaired) electrons. The predicted molar refractivity (Wildman–Crippen MR) is 55.5 cm³/mol. The highest BCUT2D eigenvalue weighted by molar-refractivity contribution is 4.47. The highest BCUT2D eigenvalue weighted by Gasteiger charge is 2.04. The van der Waals surface area contributed by atoms with E-state index < -0.39 is 0 Å². The van der Waals surface area contributed by atoms with Crippen molar-refractivity contribution in [3.8, 4) is 0 Å². The summed E-state index contributed by atoms with van der Waals surface area (Å²) in [5.74, 6) is 0. The van der Waals surface area contributed by atoms with Gasteiger partial charge >= 0.3 is 0 Å². The summed E-state index contributed by atoms with van der Waals surface area (Å²) in [6.07, 6.45) is 5.16. The Morgan fingerprint density at radius 2 is 1.46 bits per heavy atom. The zero-order valence-corrected chi connectivity index (χ0v) is 9.05. The molecule has 13 heavy (non-hydrogen) atoms. The Kier molecular flexibility index (Phi) is 9.94. The lowest BCUT2D eigenvalue weighted by Gasteiger charge is -2.16. The molecule has 0 bridgehead atoms. The van der Waals surface area contributed by atoms with Crippen molar-refractivity contribution >= 4 is 0 Å². The highest BCUT2D eigenvalue weighted by Crippen LogP contribution is 2.03. The van der Waals surface area contributed by atoms with Crippen molar-refractivity contribution in [2.24, 2.45) is 0 Å². The van der Waals surface area contributed by atoms with Crippen LogP contribution in [-0.4, -0.2) is 19.5 Å². The first-order valence-electron chi connectivity index (χ1n) is 5.37. The molecule has 79 valence electrons. The molecule has 0 saturated carbocycles. The summed E-state index contributed by atoms with van der Waals surface area (Å²) in [5, 5.41) is 0. The van der Waals surface area contributed by atoms with E-state index in [0.717, 1.165) is 26.1 Å². The van der Waals surface area contributed by atoms with Crippen LogP contribution in [0.15, 0.2) is 0 Å². The van der Waals surface area contributed by atoms with E-state index in [2.05, 4.69) is 20.8 Å². The molecular formula is C11H23O2. The molecule has 2 heteroatoms. The second kappa shape index (κ2) is 10.0. The average Bonchev–Trinajstić information content (AvgIpc) is 2.16. The van der Waals surface area contributed by atoms with E-state index in [1.165, 1.54) is 12.8 Å². The Balaban J connectivity index is 3.28. The summed E-state index contributed by atoms with van der Waals surface area (Å²) >= 11 is 0. The van der Waals surface area contributed by atoms with Crippen molar-refractivity contribution in [2.45, 2.75) is 52.2 Å². The van der Waals surface area contributed by atoms with Gasteiger partial charge in [0.05, 0.1) is 0 Å². The fourth-order valence-electron chi connectivity index (χ4n) is 0.933. The molecule has 2 nitrogen and oxygen atoms in total. The third-order valence-electron chi connectivity index (χ3n) is 1.84. The normalized spacial score (nSPS) is 11.1. The number of unbranched alkanes of at least 4 members (excludes halogenated alkanes) is 2. The molecule has 0 aromatic rings. The van der Waals surface area contributed by atoms with Crippen molar-refractivity contribution < 1.29 is 9.47 Å². The van der Waals surface area contributed by atoms with Gasteiger partial charge in [-0.1, -0.05) is 26.7 Å². The van der Waals surface area contributed by atoms with Crippen molar-refractivity contribution in [3.63, 3.8) is 0 Å². The van der Waals surface area contributed by atoms with Crippen LogP contribution in [0.3, 0.4) is 0 Å². The molecule has 0 fully saturated rings. The van der Waals surface area contributed by atoms with Gasteiger partial charge < -0.3 is 9.47 Å². The van der Waals surface area contributed by atoms with Crippen molar-refractivity contribution in [2.75, 3.05) is 13.2 Å². The molecule has 0 saturated heterocycles. The summed E-state index contributed by atoms with van der Waals surface area (Å²) in [4.78, 5) is 0. The van der Waals surface area contributed by atoms with Gasteiger partial charge in [-0.15, -0.1) is 0 Å². The lowest BCUT2D eigenvalue weighted by molar-refractivity contribution is -0.141. The van der Waals surface area contributed by atoms with Crippen LogP contribution in [0.4, 0.5) is 0 Å². The van der Waals surface area contributed by atoms with E-state index in [9.17, 15) is 0 Å². The number of hydrogen-bond donors (Lipinski definition) is 0. The highest BCUT2D eigenvalue weighted by atomic mass is 16.7. The first kappa shape index (κ1) is 12.9. The van der Waals surface area contributed by atoms with Gasteiger partial charge in [0.25, 0.3) is 0 Å². The SMILES string of the molecule is [CH2]CC(OCCCC)OCCCC. The van der Waals surface area contributed by atoms with Crippen LogP contribution >= 0.6 is 0 Å². The zero-order valence-electron chi connectivity index (χ0n) is 9.05. The smallest absolute Gasteiger partial charge is 0.157 e. The largest absolute Gasteiger partial charge is 0.353 e. The summed E-state index contributed by atoms with van der Waals surface area (Å²) in [7, 11) is 0. The maximum absolute atomic E-state index is 5.49. The molecular weight excluding hydrogens is 164 g/mol. The summed E-state index contributed by atoms with van der Waals surface area (Å²) in [5.41, 5.74) is 0. The quantitative estimate of drug-likeness (QED) is 0.408. The fourth-order valence-corrected chi connectivity index (χ4v) is 0.933. The maximum Gasteiger partial charge on any atom is 0.157 e. The van der Waals surface area contributed by atoms with Crippen LogP contribution in [-0.2, 0) is 9.47 Å². The Morgan fingerprint density at radius 1 is 1.00 bits per heavy atom. The monoisotopic (exact) mass is 187 g/mol.